The maximum atomic E-state index is 12.2. The monoisotopic (exact) mass is 359 g/mol. The van der Waals surface area contributed by atoms with Crippen molar-refractivity contribution < 1.29 is 9.36 Å². The van der Waals surface area contributed by atoms with Gasteiger partial charge in [-0.25, -0.2) is 0 Å². The van der Waals surface area contributed by atoms with Crippen molar-refractivity contribution in [1.29, 1.82) is 0 Å². The number of hydrogen-bond donors (Lipinski definition) is 1. The maximum Gasteiger partial charge on any atom is 0.290 e. The van der Waals surface area contributed by atoms with Crippen LogP contribution in [0.15, 0.2) is 41.1 Å². The molecule has 0 saturated heterocycles. The third-order valence-corrected chi connectivity index (χ3v) is 5.00. The van der Waals surface area contributed by atoms with Gasteiger partial charge in [-0.15, -0.1) is 0 Å². The zero-order valence-electron chi connectivity index (χ0n) is 12.7. The van der Waals surface area contributed by atoms with Gasteiger partial charge in [0.25, 0.3) is 5.91 Å². The van der Waals surface area contributed by atoms with E-state index in [4.69, 9.17) is 0 Å². The maximum absolute atomic E-state index is 12.2. The van der Waals surface area contributed by atoms with E-state index >= 15 is 0 Å². The Hall–Kier alpha value is -1.68. The van der Waals surface area contributed by atoms with Crippen LogP contribution in [0.5, 0.6) is 0 Å². The first-order chi connectivity index (χ1) is 10.6. The molecule has 0 unspecified atom stereocenters. The number of nitrogens with zero attached hydrogens (tertiary/aromatic N) is 1. The fourth-order valence-corrected chi connectivity index (χ4v) is 3.15. The van der Waals surface area contributed by atoms with Gasteiger partial charge in [0.05, 0.1) is 0 Å². The summed E-state index contributed by atoms with van der Waals surface area (Å²) in [6, 6.07) is 7.99. The Balaban J connectivity index is 1.67. The Morgan fingerprint density at radius 3 is 2.77 bits per heavy atom. The standard InChI is InChI=1S/C18H19BrN2O/c1-13-10-16(6-7-17(13)19)20-18(22)12-21-9-8-14-4-2-3-5-15(14)11-21/h6-11H,2-5,12H2,1H3/p+1. The van der Waals surface area contributed by atoms with Crippen LogP contribution < -0.4 is 9.88 Å². The van der Waals surface area contributed by atoms with E-state index in [1.54, 1.807) is 0 Å². The lowest BCUT2D eigenvalue weighted by Crippen LogP contribution is -2.40. The Kier molecular flexibility index (Phi) is 4.57. The van der Waals surface area contributed by atoms with Crippen LogP contribution in [0.4, 0.5) is 5.69 Å². The molecule has 0 atom stereocenters. The van der Waals surface area contributed by atoms with Crippen molar-refractivity contribution in [2.75, 3.05) is 5.32 Å². The summed E-state index contributed by atoms with van der Waals surface area (Å²) in [6.07, 6.45) is 8.96. The van der Waals surface area contributed by atoms with E-state index in [-0.39, 0.29) is 5.91 Å². The van der Waals surface area contributed by atoms with E-state index in [0.717, 1.165) is 22.1 Å². The number of amides is 1. The predicted molar refractivity (Wildman–Crippen MR) is 90.8 cm³/mol. The number of aromatic nitrogens is 1. The Morgan fingerprint density at radius 1 is 1.23 bits per heavy atom. The zero-order chi connectivity index (χ0) is 15.5. The molecule has 114 valence electrons. The number of fused-ring (bicyclic) bond motifs is 1. The van der Waals surface area contributed by atoms with Crippen molar-refractivity contribution >= 4 is 27.5 Å². The third kappa shape index (κ3) is 3.55. The average Bonchev–Trinajstić information content (AvgIpc) is 2.51. The molecule has 3 nitrogen and oxygen atoms in total. The minimum absolute atomic E-state index is 0.00230. The topological polar surface area (TPSA) is 33.0 Å². The molecule has 0 bridgehead atoms. The number of aryl methyl sites for hydroxylation is 3. The van der Waals surface area contributed by atoms with E-state index in [9.17, 15) is 4.79 Å². The first-order valence-electron chi connectivity index (χ1n) is 7.69. The first kappa shape index (κ1) is 15.2. The summed E-state index contributed by atoms with van der Waals surface area (Å²) in [5, 5.41) is 2.96. The third-order valence-electron chi connectivity index (χ3n) is 4.11. The molecule has 2 aromatic rings. The van der Waals surface area contributed by atoms with Gasteiger partial charge in [-0.05, 0) is 61.9 Å². The molecule has 1 aliphatic carbocycles. The summed E-state index contributed by atoms with van der Waals surface area (Å²) in [6.45, 7) is 2.36. The van der Waals surface area contributed by atoms with Gasteiger partial charge >= 0.3 is 0 Å². The first-order valence-corrected chi connectivity index (χ1v) is 8.48. The number of nitrogens with one attached hydrogen (secondary N) is 1. The van der Waals surface area contributed by atoms with Crippen LogP contribution in [-0.4, -0.2) is 5.91 Å². The second kappa shape index (κ2) is 6.61. The summed E-state index contributed by atoms with van der Waals surface area (Å²) in [7, 11) is 0. The van der Waals surface area contributed by atoms with Crippen LogP contribution >= 0.6 is 15.9 Å². The highest BCUT2D eigenvalue weighted by Gasteiger charge is 2.16. The van der Waals surface area contributed by atoms with Gasteiger partial charge in [0, 0.05) is 21.8 Å². The highest BCUT2D eigenvalue weighted by molar-refractivity contribution is 9.10. The van der Waals surface area contributed by atoms with Crippen LogP contribution in [-0.2, 0) is 24.2 Å². The van der Waals surface area contributed by atoms with E-state index in [1.807, 2.05) is 35.9 Å². The molecule has 0 saturated carbocycles. The lowest BCUT2D eigenvalue weighted by Gasteiger charge is -2.13. The van der Waals surface area contributed by atoms with Gasteiger partial charge in [0.1, 0.15) is 0 Å². The molecule has 3 rings (SSSR count). The van der Waals surface area contributed by atoms with Crippen LogP contribution in [0.25, 0.3) is 0 Å². The number of rotatable bonds is 3. The second-order valence-electron chi connectivity index (χ2n) is 5.89. The Labute approximate surface area is 139 Å². The molecule has 1 aromatic heterocycles. The predicted octanol–water partition coefficient (Wildman–Crippen LogP) is 3.56. The molecule has 1 amide bonds. The number of hydrogen-bond acceptors (Lipinski definition) is 1. The molecule has 22 heavy (non-hydrogen) atoms. The van der Waals surface area contributed by atoms with Gasteiger partial charge < -0.3 is 5.32 Å². The van der Waals surface area contributed by atoms with E-state index in [0.29, 0.717) is 6.54 Å². The molecule has 0 fully saturated rings. The number of pyridine rings is 1. The molecule has 0 aliphatic heterocycles. The molecule has 0 radical (unpaired) electrons. The fourth-order valence-electron chi connectivity index (χ4n) is 2.91. The highest BCUT2D eigenvalue weighted by atomic mass is 79.9. The Bertz CT molecular complexity index is 712. The van der Waals surface area contributed by atoms with Crippen molar-refractivity contribution in [3.05, 3.63) is 57.8 Å². The molecule has 1 aliphatic rings. The minimum Gasteiger partial charge on any atom is -0.321 e. The Morgan fingerprint density at radius 2 is 2.00 bits per heavy atom. The fraction of sp³-hybridized carbons (Fsp3) is 0.333. The molecule has 1 aromatic carbocycles. The van der Waals surface area contributed by atoms with Gasteiger partial charge in [0.15, 0.2) is 12.4 Å². The van der Waals surface area contributed by atoms with Crippen molar-refractivity contribution in [2.24, 2.45) is 0 Å². The minimum atomic E-state index is 0.00230. The number of halogens is 1. The van der Waals surface area contributed by atoms with E-state index in [1.165, 1.54) is 30.4 Å². The van der Waals surface area contributed by atoms with Gasteiger partial charge in [0.2, 0.25) is 6.54 Å². The van der Waals surface area contributed by atoms with E-state index in [2.05, 4.69) is 33.5 Å². The summed E-state index contributed by atoms with van der Waals surface area (Å²) in [5.41, 5.74) is 4.77. The van der Waals surface area contributed by atoms with Gasteiger partial charge in [-0.3, -0.25) is 4.79 Å². The van der Waals surface area contributed by atoms with Crippen LogP contribution in [0.3, 0.4) is 0 Å². The number of anilines is 1. The summed E-state index contributed by atoms with van der Waals surface area (Å²) >= 11 is 3.47. The van der Waals surface area contributed by atoms with Crippen molar-refractivity contribution in [3.63, 3.8) is 0 Å². The lowest BCUT2D eigenvalue weighted by atomic mass is 9.93. The SMILES string of the molecule is Cc1cc(NC(=O)C[n+]2ccc3c(c2)CCCC3)ccc1Br. The molecular formula is C18H20BrN2O+. The van der Waals surface area contributed by atoms with Crippen molar-refractivity contribution in [1.82, 2.24) is 0 Å². The van der Waals surface area contributed by atoms with Crippen LogP contribution in [0.1, 0.15) is 29.5 Å². The molecule has 4 heteroatoms. The second-order valence-corrected chi connectivity index (χ2v) is 6.74. The van der Waals surface area contributed by atoms with Crippen LogP contribution in [0, 0.1) is 6.92 Å². The molecule has 1 N–H and O–H groups in total. The summed E-state index contributed by atoms with van der Waals surface area (Å²) in [5.74, 6) is 0.00230. The van der Waals surface area contributed by atoms with Crippen LogP contribution in [0.2, 0.25) is 0 Å². The zero-order valence-corrected chi connectivity index (χ0v) is 14.3. The summed E-state index contributed by atoms with van der Waals surface area (Å²) < 4.78 is 3.03. The molecular weight excluding hydrogens is 340 g/mol. The molecule has 1 heterocycles. The normalized spacial score (nSPS) is 13.5. The van der Waals surface area contributed by atoms with Crippen molar-refractivity contribution in [2.45, 2.75) is 39.2 Å². The summed E-state index contributed by atoms with van der Waals surface area (Å²) in [4.78, 5) is 12.2. The van der Waals surface area contributed by atoms with Crippen molar-refractivity contribution in [3.8, 4) is 0 Å². The smallest absolute Gasteiger partial charge is 0.290 e. The number of benzene rings is 1. The number of carbonyl (C=O) groups excluding carboxylic acids is 1. The molecule has 0 spiro atoms. The average molecular weight is 360 g/mol. The van der Waals surface area contributed by atoms with E-state index < -0.39 is 0 Å². The number of carbonyl (C=O) groups is 1. The quantitative estimate of drug-likeness (QED) is 0.835. The lowest BCUT2D eigenvalue weighted by molar-refractivity contribution is -0.684. The largest absolute Gasteiger partial charge is 0.321 e. The highest BCUT2D eigenvalue weighted by Crippen LogP contribution is 2.20. The van der Waals surface area contributed by atoms with Gasteiger partial charge in [-0.1, -0.05) is 15.9 Å². The van der Waals surface area contributed by atoms with Gasteiger partial charge in [-0.2, -0.15) is 4.57 Å².